The predicted molar refractivity (Wildman–Crippen MR) is 117 cm³/mol. The van der Waals surface area contributed by atoms with Gasteiger partial charge in [0.05, 0.1) is 5.92 Å². The molecule has 2 aromatic rings. The molecule has 2 N–H and O–H groups in total. The van der Waals surface area contributed by atoms with Gasteiger partial charge >= 0.3 is 5.97 Å². The summed E-state index contributed by atoms with van der Waals surface area (Å²) in [4.78, 5) is 50.3. The monoisotopic (exact) mass is 487 g/mol. The summed E-state index contributed by atoms with van der Waals surface area (Å²) in [6.45, 7) is 3.46. The number of esters is 1. The molecular formula is C22H22BrN3O5. The highest BCUT2D eigenvalue weighted by molar-refractivity contribution is 9.10. The van der Waals surface area contributed by atoms with E-state index >= 15 is 0 Å². The van der Waals surface area contributed by atoms with E-state index in [1.54, 1.807) is 29.2 Å². The van der Waals surface area contributed by atoms with Crippen molar-refractivity contribution in [2.45, 2.75) is 20.3 Å². The Balaban J connectivity index is 1.48. The third-order valence-corrected chi connectivity index (χ3v) is 5.46. The van der Waals surface area contributed by atoms with E-state index in [-0.39, 0.29) is 18.9 Å². The highest BCUT2D eigenvalue weighted by atomic mass is 79.9. The Morgan fingerprint density at radius 2 is 1.71 bits per heavy atom. The normalized spacial score (nSPS) is 15.5. The van der Waals surface area contributed by atoms with Crippen LogP contribution >= 0.6 is 15.9 Å². The molecule has 3 rings (SSSR count). The van der Waals surface area contributed by atoms with Crippen molar-refractivity contribution in [1.82, 2.24) is 10.9 Å². The zero-order chi connectivity index (χ0) is 22.5. The van der Waals surface area contributed by atoms with Gasteiger partial charge in [0, 0.05) is 28.7 Å². The number of benzene rings is 2. The summed E-state index contributed by atoms with van der Waals surface area (Å²) in [5.74, 6) is -2.63. The van der Waals surface area contributed by atoms with Crippen molar-refractivity contribution >= 4 is 45.3 Å². The summed E-state index contributed by atoms with van der Waals surface area (Å²) in [7, 11) is 0. The number of carbonyl (C=O) groups excluding carboxylic acids is 4. The second-order valence-corrected chi connectivity index (χ2v) is 8.18. The molecule has 1 aliphatic heterocycles. The summed E-state index contributed by atoms with van der Waals surface area (Å²) in [6.07, 6.45) is 0.0224. The summed E-state index contributed by atoms with van der Waals surface area (Å²) < 4.78 is 5.87. The third kappa shape index (κ3) is 5.49. The van der Waals surface area contributed by atoms with E-state index in [1.807, 2.05) is 32.0 Å². The van der Waals surface area contributed by atoms with E-state index in [0.717, 1.165) is 21.3 Å². The molecule has 0 spiro atoms. The summed E-state index contributed by atoms with van der Waals surface area (Å²) >= 11 is 3.27. The molecule has 1 aliphatic rings. The van der Waals surface area contributed by atoms with Crippen LogP contribution in [0.2, 0.25) is 0 Å². The van der Waals surface area contributed by atoms with E-state index in [0.29, 0.717) is 5.56 Å². The molecule has 162 valence electrons. The van der Waals surface area contributed by atoms with Gasteiger partial charge in [0.25, 0.3) is 11.8 Å². The first-order valence-corrected chi connectivity index (χ1v) is 10.4. The molecule has 2 aromatic carbocycles. The first-order chi connectivity index (χ1) is 14.8. The van der Waals surface area contributed by atoms with Gasteiger partial charge in [-0.15, -0.1) is 0 Å². The van der Waals surface area contributed by atoms with Crippen LogP contribution in [-0.4, -0.2) is 36.8 Å². The molecule has 1 heterocycles. The van der Waals surface area contributed by atoms with Crippen LogP contribution in [0.5, 0.6) is 0 Å². The van der Waals surface area contributed by atoms with Gasteiger partial charge in [-0.05, 0) is 49.2 Å². The lowest BCUT2D eigenvalue weighted by atomic mass is 10.1. The van der Waals surface area contributed by atoms with Gasteiger partial charge in [0.1, 0.15) is 0 Å². The summed E-state index contributed by atoms with van der Waals surface area (Å²) in [5.41, 5.74) is 7.50. The standard InChI is InChI=1S/C22H22BrN3O5/c1-13-4-3-5-14(2)20(13)26-11-16(10-19(26)28)22(30)31-12-18(27)24-25-21(29)15-6-8-17(23)9-7-15/h3-9,16H,10-12H2,1-2H3,(H,24,27)(H,25,29)/t16-/m0/s1. The fraction of sp³-hybridized carbons (Fsp3) is 0.273. The molecule has 31 heavy (non-hydrogen) atoms. The first kappa shape index (κ1) is 22.5. The molecule has 9 heteroatoms. The van der Waals surface area contributed by atoms with Crippen LogP contribution in [-0.2, 0) is 19.1 Å². The molecule has 0 unspecified atom stereocenters. The zero-order valence-corrected chi connectivity index (χ0v) is 18.7. The number of hydrazine groups is 1. The third-order valence-electron chi connectivity index (χ3n) is 4.94. The predicted octanol–water partition coefficient (Wildman–Crippen LogP) is 2.42. The molecule has 0 saturated carbocycles. The Hall–Kier alpha value is -3.20. The Labute approximate surface area is 188 Å². The minimum absolute atomic E-state index is 0.0224. The Morgan fingerprint density at radius 3 is 2.35 bits per heavy atom. The van der Waals surface area contributed by atoms with Crippen LogP contribution in [0.3, 0.4) is 0 Å². The number of ether oxygens (including phenoxy) is 1. The van der Waals surface area contributed by atoms with Crippen molar-refractivity contribution in [1.29, 1.82) is 0 Å². The molecule has 3 amide bonds. The number of anilines is 1. The van der Waals surface area contributed by atoms with Crippen molar-refractivity contribution < 1.29 is 23.9 Å². The largest absolute Gasteiger partial charge is 0.455 e. The van der Waals surface area contributed by atoms with Crippen molar-refractivity contribution in [3.8, 4) is 0 Å². The molecule has 0 aliphatic carbocycles. The van der Waals surface area contributed by atoms with Crippen LogP contribution in [0.1, 0.15) is 27.9 Å². The van der Waals surface area contributed by atoms with Crippen molar-refractivity contribution in [2.75, 3.05) is 18.1 Å². The molecule has 1 saturated heterocycles. The van der Waals surface area contributed by atoms with E-state index in [4.69, 9.17) is 4.74 Å². The van der Waals surface area contributed by atoms with E-state index < -0.39 is 30.3 Å². The number of aryl methyl sites for hydroxylation is 2. The van der Waals surface area contributed by atoms with Crippen LogP contribution < -0.4 is 15.8 Å². The van der Waals surface area contributed by atoms with E-state index in [9.17, 15) is 19.2 Å². The number of hydrogen-bond acceptors (Lipinski definition) is 5. The lowest BCUT2D eigenvalue weighted by molar-refractivity contribution is -0.152. The number of rotatable bonds is 5. The van der Waals surface area contributed by atoms with Crippen molar-refractivity contribution in [3.05, 3.63) is 63.6 Å². The molecule has 0 aromatic heterocycles. The fourth-order valence-electron chi connectivity index (χ4n) is 3.40. The first-order valence-electron chi connectivity index (χ1n) is 9.64. The van der Waals surface area contributed by atoms with Gasteiger partial charge in [-0.3, -0.25) is 30.0 Å². The van der Waals surface area contributed by atoms with E-state index in [2.05, 4.69) is 26.8 Å². The SMILES string of the molecule is Cc1cccc(C)c1N1C[C@@H](C(=O)OCC(=O)NNC(=O)c2ccc(Br)cc2)CC1=O. The maximum Gasteiger partial charge on any atom is 0.311 e. The molecular weight excluding hydrogens is 466 g/mol. The smallest absolute Gasteiger partial charge is 0.311 e. The number of hydrogen-bond donors (Lipinski definition) is 2. The van der Waals surface area contributed by atoms with Crippen molar-refractivity contribution in [3.63, 3.8) is 0 Å². The number of amides is 3. The number of halogens is 1. The molecule has 1 fully saturated rings. The minimum atomic E-state index is -0.685. The average molecular weight is 488 g/mol. The fourth-order valence-corrected chi connectivity index (χ4v) is 3.67. The van der Waals surface area contributed by atoms with Crippen LogP contribution in [0, 0.1) is 19.8 Å². The average Bonchev–Trinajstić information content (AvgIpc) is 3.12. The number of nitrogens with zero attached hydrogens (tertiary/aromatic N) is 1. The number of para-hydroxylation sites is 1. The van der Waals surface area contributed by atoms with Gasteiger partial charge in [0.15, 0.2) is 6.61 Å². The molecule has 8 nitrogen and oxygen atoms in total. The Bertz CT molecular complexity index is 1000. The van der Waals surface area contributed by atoms with Gasteiger partial charge in [-0.1, -0.05) is 34.1 Å². The molecule has 1 atom stereocenters. The van der Waals surface area contributed by atoms with Crippen LogP contribution in [0.4, 0.5) is 5.69 Å². The molecule has 0 radical (unpaired) electrons. The second-order valence-electron chi connectivity index (χ2n) is 7.26. The van der Waals surface area contributed by atoms with Gasteiger partial charge in [0.2, 0.25) is 5.91 Å². The highest BCUT2D eigenvalue weighted by Crippen LogP contribution is 2.31. The van der Waals surface area contributed by atoms with Gasteiger partial charge < -0.3 is 9.64 Å². The maximum absolute atomic E-state index is 12.5. The van der Waals surface area contributed by atoms with Crippen LogP contribution in [0.25, 0.3) is 0 Å². The molecule has 0 bridgehead atoms. The van der Waals surface area contributed by atoms with Gasteiger partial charge in [-0.25, -0.2) is 0 Å². The number of carbonyl (C=O) groups is 4. The second kappa shape index (κ2) is 9.74. The Kier molecular flexibility index (Phi) is 7.06. The summed E-state index contributed by atoms with van der Waals surface area (Å²) in [6, 6.07) is 12.3. The maximum atomic E-state index is 12.5. The van der Waals surface area contributed by atoms with Crippen LogP contribution in [0.15, 0.2) is 46.9 Å². The van der Waals surface area contributed by atoms with E-state index in [1.165, 1.54) is 0 Å². The Morgan fingerprint density at radius 1 is 1.06 bits per heavy atom. The van der Waals surface area contributed by atoms with Gasteiger partial charge in [-0.2, -0.15) is 0 Å². The lowest BCUT2D eigenvalue weighted by Crippen LogP contribution is -2.43. The quantitative estimate of drug-likeness (QED) is 0.497. The topological polar surface area (TPSA) is 105 Å². The lowest BCUT2D eigenvalue weighted by Gasteiger charge is -2.21. The van der Waals surface area contributed by atoms with Crippen molar-refractivity contribution in [2.24, 2.45) is 5.92 Å². The number of nitrogens with one attached hydrogen (secondary N) is 2. The minimum Gasteiger partial charge on any atom is -0.455 e. The highest BCUT2D eigenvalue weighted by Gasteiger charge is 2.37. The zero-order valence-electron chi connectivity index (χ0n) is 17.1. The summed E-state index contributed by atoms with van der Waals surface area (Å²) in [5, 5.41) is 0.